The van der Waals surface area contributed by atoms with Gasteiger partial charge in [0, 0.05) is 38.8 Å². The SMILES string of the molecule is CN1CN(CC2CC(=O)CCC2(F)F)c2cc(C#N)ccc21. The molecule has 2 aliphatic rings. The Morgan fingerprint density at radius 3 is 2.91 bits per heavy atom. The molecule has 1 heterocycles. The Hall–Kier alpha value is -2.16. The highest BCUT2D eigenvalue weighted by Gasteiger charge is 2.45. The molecule has 0 bridgehead atoms. The fraction of sp³-hybridized carbons (Fsp3) is 0.500. The monoisotopic (exact) mass is 305 g/mol. The minimum atomic E-state index is -2.80. The maximum Gasteiger partial charge on any atom is 0.253 e. The van der Waals surface area contributed by atoms with Crippen LogP contribution in [0.3, 0.4) is 0 Å². The predicted octanol–water partition coefficient (Wildman–Crippen LogP) is 2.78. The molecule has 0 spiro atoms. The molecule has 1 aromatic rings. The van der Waals surface area contributed by atoms with Crippen LogP contribution in [0.25, 0.3) is 0 Å². The van der Waals surface area contributed by atoms with Crippen molar-refractivity contribution < 1.29 is 13.6 Å². The third-order valence-corrected chi connectivity index (χ3v) is 4.49. The summed E-state index contributed by atoms with van der Waals surface area (Å²) in [6, 6.07) is 7.35. The third kappa shape index (κ3) is 2.52. The van der Waals surface area contributed by atoms with Crippen molar-refractivity contribution in [3.63, 3.8) is 0 Å². The molecule has 4 nitrogen and oxygen atoms in total. The molecule has 1 fully saturated rings. The van der Waals surface area contributed by atoms with E-state index in [2.05, 4.69) is 6.07 Å². The number of hydrogen-bond acceptors (Lipinski definition) is 4. The summed E-state index contributed by atoms with van der Waals surface area (Å²) in [6.07, 6.45) is -0.454. The van der Waals surface area contributed by atoms with Crippen molar-refractivity contribution in [3.8, 4) is 6.07 Å². The number of carbonyl (C=O) groups excluding carboxylic acids is 1. The topological polar surface area (TPSA) is 47.3 Å². The van der Waals surface area contributed by atoms with Gasteiger partial charge in [-0.2, -0.15) is 5.26 Å². The Labute approximate surface area is 127 Å². The molecule has 1 aromatic carbocycles. The number of fused-ring (bicyclic) bond motifs is 1. The molecule has 1 unspecified atom stereocenters. The number of Topliss-reactive ketones (excluding diaryl/α,β-unsaturated/α-hetero) is 1. The minimum Gasteiger partial charge on any atom is -0.355 e. The van der Waals surface area contributed by atoms with Crippen LogP contribution in [0.4, 0.5) is 20.2 Å². The quantitative estimate of drug-likeness (QED) is 0.843. The highest BCUT2D eigenvalue weighted by molar-refractivity contribution is 5.80. The van der Waals surface area contributed by atoms with E-state index in [4.69, 9.17) is 5.26 Å². The van der Waals surface area contributed by atoms with Gasteiger partial charge in [0.25, 0.3) is 5.92 Å². The van der Waals surface area contributed by atoms with Crippen LogP contribution >= 0.6 is 0 Å². The first-order valence-corrected chi connectivity index (χ1v) is 7.30. The summed E-state index contributed by atoms with van der Waals surface area (Å²) < 4.78 is 28.1. The van der Waals surface area contributed by atoms with E-state index in [1.54, 1.807) is 12.1 Å². The Morgan fingerprint density at radius 1 is 1.41 bits per heavy atom. The van der Waals surface area contributed by atoms with Crippen LogP contribution in [0.1, 0.15) is 24.8 Å². The van der Waals surface area contributed by atoms with Crippen molar-refractivity contribution >= 4 is 17.2 Å². The molecule has 0 aromatic heterocycles. The molecule has 0 radical (unpaired) electrons. The Kier molecular flexibility index (Phi) is 3.51. The number of carbonyl (C=O) groups is 1. The number of ketones is 1. The fourth-order valence-corrected chi connectivity index (χ4v) is 3.23. The zero-order valence-corrected chi connectivity index (χ0v) is 12.4. The number of rotatable bonds is 2. The summed E-state index contributed by atoms with van der Waals surface area (Å²) in [4.78, 5) is 15.3. The second-order valence-electron chi connectivity index (χ2n) is 6.08. The zero-order chi connectivity index (χ0) is 15.9. The number of alkyl halides is 2. The highest BCUT2D eigenvalue weighted by atomic mass is 19.3. The Balaban J connectivity index is 1.85. The fourth-order valence-electron chi connectivity index (χ4n) is 3.23. The van der Waals surface area contributed by atoms with Gasteiger partial charge in [-0.25, -0.2) is 8.78 Å². The van der Waals surface area contributed by atoms with Crippen molar-refractivity contribution in [2.24, 2.45) is 5.92 Å². The van der Waals surface area contributed by atoms with E-state index >= 15 is 0 Å². The van der Waals surface area contributed by atoms with Crippen molar-refractivity contribution in [1.29, 1.82) is 5.26 Å². The van der Waals surface area contributed by atoms with Gasteiger partial charge in [-0.05, 0) is 18.2 Å². The summed E-state index contributed by atoms with van der Waals surface area (Å²) in [5.74, 6) is -3.85. The van der Waals surface area contributed by atoms with Gasteiger partial charge in [0.1, 0.15) is 5.78 Å². The minimum absolute atomic E-state index is 0.0292. The number of benzene rings is 1. The van der Waals surface area contributed by atoms with Crippen LogP contribution in [-0.2, 0) is 4.79 Å². The lowest BCUT2D eigenvalue weighted by atomic mass is 9.84. The van der Waals surface area contributed by atoms with E-state index < -0.39 is 11.8 Å². The van der Waals surface area contributed by atoms with E-state index in [9.17, 15) is 13.6 Å². The van der Waals surface area contributed by atoms with Crippen LogP contribution in [0.15, 0.2) is 18.2 Å². The maximum absolute atomic E-state index is 14.1. The molecule has 116 valence electrons. The van der Waals surface area contributed by atoms with Crippen LogP contribution in [0.2, 0.25) is 0 Å². The van der Waals surface area contributed by atoms with Crippen LogP contribution in [-0.4, -0.2) is 32.0 Å². The van der Waals surface area contributed by atoms with Crippen LogP contribution in [0.5, 0.6) is 0 Å². The van der Waals surface area contributed by atoms with Gasteiger partial charge in [-0.3, -0.25) is 4.79 Å². The largest absolute Gasteiger partial charge is 0.355 e. The summed E-state index contributed by atoms with van der Waals surface area (Å²) in [6.45, 7) is 0.621. The average molecular weight is 305 g/mol. The second-order valence-corrected chi connectivity index (χ2v) is 6.08. The molecule has 0 N–H and O–H groups in total. The first kappa shape index (κ1) is 14.8. The van der Waals surface area contributed by atoms with Gasteiger partial charge in [0.05, 0.1) is 29.7 Å². The molecule has 0 saturated heterocycles. The smallest absolute Gasteiger partial charge is 0.253 e. The van der Waals surface area contributed by atoms with Gasteiger partial charge in [-0.1, -0.05) is 0 Å². The summed E-state index contributed by atoms with van der Waals surface area (Å²) >= 11 is 0. The Bertz CT molecular complexity index is 653. The van der Waals surface area contributed by atoms with Gasteiger partial charge in [-0.15, -0.1) is 0 Å². The second kappa shape index (κ2) is 5.24. The predicted molar refractivity (Wildman–Crippen MR) is 79.1 cm³/mol. The molecule has 1 saturated carbocycles. The van der Waals surface area contributed by atoms with Gasteiger partial charge < -0.3 is 9.80 Å². The molecule has 1 aliphatic carbocycles. The molecule has 22 heavy (non-hydrogen) atoms. The standard InChI is InChI=1S/C16H17F2N3O/c1-20-10-21(15-6-11(8-19)2-3-14(15)20)9-12-7-13(22)4-5-16(12,17)18/h2-3,6,12H,4-5,7,9-10H2,1H3. The number of nitrogens with zero attached hydrogens (tertiary/aromatic N) is 3. The van der Waals surface area contributed by atoms with Crippen LogP contribution in [0, 0.1) is 17.2 Å². The number of hydrogen-bond donors (Lipinski definition) is 0. The van der Waals surface area contributed by atoms with Crippen molar-refractivity contribution in [1.82, 2.24) is 0 Å². The molecule has 0 amide bonds. The number of anilines is 2. The first-order chi connectivity index (χ1) is 10.4. The number of nitriles is 1. The molecule has 1 atom stereocenters. The summed E-state index contributed by atoms with van der Waals surface area (Å²) in [5, 5.41) is 9.01. The lowest BCUT2D eigenvalue weighted by Crippen LogP contribution is -2.43. The zero-order valence-electron chi connectivity index (χ0n) is 12.4. The van der Waals surface area contributed by atoms with Crippen molar-refractivity contribution in [2.45, 2.75) is 25.2 Å². The van der Waals surface area contributed by atoms with Crippen molar-refractivity contribution in [2.75, 3.05) is 30.1 Å². The number of halogens is 2. The Morgan fingerprint density at radius 2 is 2.18 bits per heavy atom. The molecule has 6 heteroatoms. The molecule has 3 rings (SSSR count). The highest BCUT2D eigenvalue weighted by Crippen LogP contribution is 2.41. The van der Waals surface area contributed by atoms with Crippen LogP contribution < -0.4 is 9.80 Å². The van der Waals surface area contributed by atoms with E-state index in [-0.39, 0.29) is 31.6 Å². The normalized spacial score (nSPS) is 23.4. The first-order valence-electron chi connectivity index (χ1n) is 7.30. The van der Waals surface area contributed by atoms with Gasteiger partial charge in [0.2, 0.25) is 0 Å². The van der Waals surface area contributed by atoms with Crippen molar-refractivity contribution in [3.05, 3.63) is 23.8 Å². The summed E-state index contributed by atoms with van der Waals surface area (Å²) in [7, 11) is 1.88. The average Bonchev–Trinajstić information content (AvgIpc) is 2.79. The molecular formula is C16H17F2N3O. The van der Waals surface area contributed by atoms with E-state index in [1.807, 2.05) is 22.9 Å². The molecular weight excluding hydrogens is 288 g/mol. The summed E-state index contributed by atoms with van der Waals surface area (Å²) in [5.41, 5.74) is 2.21. The molecule has 1 aliphatic heterocycles. The van der Waals surface area contributed by atoms with E-state index in [1.165, 1.54) is 0 Å². The third-order valence-electron chi connectivity index (χ3n) is 4.49. The lowest BCUT2D eigenvalue weighted by molar-refractivity contribution is -0.136. The van der Waals surface area contributed by atoms with Gasteiger partial charge >= 0.3 is 0 Å². The van der Waals surface area contributed by atoms with E-state index in [0.717, 1.165) is 11.4 Å². The van der Waals surface area contributed by atoms with Gasteiger partial charge in [0.15, 0.2) is 0 Å². The van der Waals surface area contributed by atoms with E-state index in [0.29, 0.717) is 12.2 Å². The lowest BCUT2D eigenvalue weighted by Gasteiger charge is -2.34. The maximum atomic E-state index is 14.1.